The van der Waals surface area contributed by atoms with Crippen molar-refractivity contribution < 1.29 is 0 Å². The molecule has 0 radical (unpaired) electrons. The zero-order valence-corrected chi connectivity index (χ0v) is 22.5. The van der Waals surface area contributed by atoms with Gasteiger partial charge in [-0.1, -0.05) is 176 Å². The van der Waals surface area contributed by atoms with Crippen molar-refractivity contribution in [2.75, 3.05) is 0 Å². The average Bonchev–Trinajstić information content (AvgIpc) is 3.05. The Labute approximate surface area is 238 Å². The van der Waals surface area contributed by atoms with E-state index >= 15 is 0 Å². The fraction of sp³-hybridized carbons (Fsp3) is 0.0500. The van der Waals surface area contributed by atoms with Crippen LogP contribution < -0.4 is 0 Å². The van der Waals surface area contributed by atoms with Gasteiger partial charge in [-0.05, 0) is 51.1 Å². The van der Waals surface area contributed by atoms with E-state index in [4.69, 9.17) is 0 Å². The lowest BCUT2D eigenvalue weighted by atomic mass is 9.65. The van der Waals surface area contributed by atoms with Gasteiger partial charge in [0.1, 0.15) is 0 Å². The van der Waals surface area contributed by atoms with Crippen LogP contribution >= 0.6 is 0 Å². The van der Waals surface area contributed by atoms with Crippen LogP contribution in [-0.2, 0) is 0 Å². The highest BCUT2D eigenvalue weighted by atomic mass is 14.4. The molecule has 5 aromatic carbocycles. The Morgan fingerprint density at radius 3 is 1.18 bits per heavy atom. The second-order valence-electron chi connectivity index (χ2n) is 10.2. The predicted molar refractivity (Wildman–Crippen MR) is 171 cm³/mol. The van der Waals surface area contributed by atoms with E-state index in [1.54, 1.807) is 0 Å². The highest BCUT2D eigenvalue weighted by Gasteiger charge is 2.37. The molecule has 0 spiro atoms. The summed E-state index contributed by atoms with van der Waals surface area (Å²) in [5.41, 5.74) is 8.04. The number of allylic oxidation sites excluding steroid dienone is 6. The molecule has 1 aliphatic carbocycles. The van der Waals surface area contributed by atoms with E-state index in [0.29, 0.717) is 0 Å². The van der Waals surface area contributed by atoms with E-state index in [2.05, 4.69) is 188 Å². The second-order valence-corrected chi connectivity index (χ2v) is 10.2. The molecule has 0 aliphatic heterocycles. The maximum absolute atomic E-state index is 2.42. The summed E-state index contributed by atoms with van der Waals surface area (Å²) in [6.07, 6.45) is 14.3. The quantitative estimate of drug-likeness (QED) is 0.150. The minimum Gasteiger partial charge on any atom is -0.0757 e. The Bertz CT molecular complexity index is 1530. The summed E-state index contributed by atoms with van der Waals surface area (Å²) < 4.78 is 0. The lowest BCUT2D eigenvalue weighted by Gasteiger charge is -2.37. The Hall–Kier alpha value is -4.94. The SMILES string of the molecule is C1=CC(/C(=C\c2ccccc2)c2ccccc2)(/C(=C\c2ccccc2)c2ccccc2)C=CC1c1ccccc1. The van der Waals surface area contributed by atoms with Crippen LogP contribution in [0.3, 0.4) is 0 Å². The van der Waals surface area contributed by atoms with Crippen LogP contribution in [0.25, 0.3) is 23.3 Å². The van der Waals surface area contributed by atoms with Crippen molar-refractivity contribution in [1.29, 1.82) is 0 Å². The second kappa shape index (κ2) is 11.8. The van der Waals surface area contributed by atoms with Gasteiger partial charge in [0.05, 0.1) is 5.41 Å². The molecule has 0 saturated carbocycles. The van der Waals surface area contributed by atoms with Crippen LogP contribution in [0.15, 0.2) is 176 Å². The molecular weight excluding hydrogens is 480 g/mol. The molecule has 0 aromatic heterocycles. The van der Waals surface area contributed by atoms with Gasteiger partial charge in [0.25, 0.3) is 0 Å². The molecule has 0 atom stereocenters. The van der Waals surface area contributed by atoms with Crippen molar-refractivity contribution in [3.05, 3.63) is 204 Å². The van der Waals surface area contributed by atoms with E-state index in [-0.39, 0.29) is 5.92 Å². The van der Waals surface area contributed by atoms with Crippen molar-refractivity contribution in [3.63, 3.8) is 0 Å². The van der Waals surface area contributed by atoms with Crippen LogP contribution in [0, 0.1) is 5.41 Å². The molecular formula is C40H32. The Kier molecular flexibility index (Phi) is 7.51. The molecule has 192 valence electrons. The normalized spacial score (nSPS) is 15.2. The highest BCUT2D eigenvalue weighted by molar-refractivity contribution is 6.01. The number of benzene rings is 5. The third kappa shape index (κ3) is 5.44. The van der Waals surface area contributed by atoms with E-state index in [0.717, 1.165) is 0 Å². The van der Waals surface area contributed by atoms with Gasteiger partial charge in [-0.25, -0.2) is 0 Å². The minimum atomic E-state index is -0.500. The fourth-order valence-corrected chi connectivity index (χ4v) is 5.58. The zero-order chi connectivity index (χ0) is 27.0. The van der Waals surface area contributed by atoms with E-state index in [1.807, 2.05) is 0 Å². The van der Waals surface area contributed by atoms with Gasteiger partial charge in [0.2, 0.25) is 0 Å². The summed E-state index contributed by atoms with van der Waals surface area (Å²) in [6.45, 7) is 0. The molecule has 0 saturated heterocycles. The molecule has 0 heteroatoms. The molecule has 5 aromatic rings. The first-order chi connectivity index (χ1) is 19.8. The van der Waals surface area contributed by atoms with E-state index in [1.165, 1.54) is 39.0 Å². The smallest absolute Gasteiger partial charge is 0.0575 e. The van der Waals surface area contributed by atoms with Crippen molar-refractivity contribution >= 4 is 23.3 Å². The Balaban J connectivity index is 1.63. The van der Waals surface area contributed by atoms with E-state index < -0.39 is 5.41 Å². The summed E-state index contributed by atoms with van der Waals surface area (Å²) in [6, 6.07) is 53.7. The summed E-state index contributed by atoms with van der Waals surface area (Å²) in [5.74, 6) is 0.219. The van der Waals surface area contributed by atoms with Gasteiger partial charge in [-0.3, -0.25) is 0 Å². The Morgan fingerprint density at radius 2 is 0.775 bits per heavy atom. The maximum atomic E-state index is 2.42. The monoisotopic (exact) mass is 512 g/mol. The molecule has 40 heavy (non-hydrogen) atoms. The van der Waals surface area contributed by atoms with Gasteiger partial charge in [-0.15, -0.1) is 0 Å². The highest BCUT2D eigenvalue weighted by Crippen LogP contribution is 2.52. The van der Waals surface area contributed by atoms with Gasteiger partial charge in [-0.2, -0.15) is 0 Å². The van der Waals surface area contributed by atoms with Crippen LogP contribution in [-0.4, -0.2) is 0 Å². The third-order valence-electron chi connectivity index (χ3n) is 7.60. The number of hydrogen-bond acceptors (Lipinski definition) is 0. The molecule has 0 amide bonds. The third-order valence-corrected chi connectivity index (χ3v) is 7.60. The topological polar surface area (TPSA) is 0 Å². The van der Waals surface area contributed by atoms with Crippen LogP contribution in [0.2, 0.25) is 0 Å². The summed E-state index contributed by atoms with van der Waals surface area (Å²) >= 11 is 0. The predicted octanol–water partition coefficient (Wildman–Crippen LogP) is 10.4. The van der Waals surface area contributed by atoms with Gasteiger partial charge >= 0.3 is 0 Å². The van der Waals surface area contributed by atoms with Crippen molar-refractivity contribution in [2.45, 2.75) is 5.92 Å². The number of hydrogen-bond donors (Lipinski definition) is 0. The first-order valence-electron chi connectivity index (χ1n) is 13.9. The molecule has 6 rings (SSSR count). The van der Waals surface area contributed by atoms with Crippen LogP contribution in [0.1, 0.15) is 33.7 Å². The van der Waals surface area contributed by atoms with Gasteiger partial charge in [0.15, 0.2) is 0 Å². The fourth-order valence-electron chi connectivity index (χ4n) is 5.58. The maximum Gasteiger partial charge on any atom is 0.0575 e. The first kappa shape index (κ1) is 25.3. The summed E-state index contributed by atoms with van der Waals surface area (Å²) in [5, 5.41) is 0. The molecule has 0 nitrogen and oxygen atoms in total. The van der Waals surface area contributed by atoms with Crippen molar-refractivity contribution in [3.8, 4) is 0 Å². The first-order valence-corrected chi connectivity index (χ1v) is 13.9. The summed E-state index contributed by atoms with van der Waals surface area (Å²) in [4.78, 5) is 0. The van der Waals surface area contributed by atoms with Crippen molar-refractivity contribution in [2.24, 2.45) is 5.41 Å². The molecule has 1 aliphatic rings. The molecule has 0 N–H and O–H groups in total. The zero-order valence-electron chi connectivity index (χ0n) is 22.5. The molecule has 0 bridgehead atoms. The number of rotatable bonds is 7. The molecule has 0 heterocycles. The van der Waals surface area contributed by atoms with Crippen molar-refractivity contribution in [1.82, 2.24) is 0 Å². The van der Waals surface area contributed by atoms with Crippen LogP contribution in [0.4, 0.5) is 0 Å². The van der Waals surface area contributed by atoms with Gasteiger partial charge in [0, 0.05) is 5.92 Å². The largest absolute Gasteiger partial charge is 0.0757 e. The average molecular weight is 513 g/mol. The van der Waals surface area contributed by atoms with E-state index in [9.17, 15) is 0 Å². The standard InChI is InChI=1S/C40H32/c1-6-16-32(17-7-1)30-38(36-22-12-4-13-23-36)40(28-26-35(27-29-40)34-20-10-3-11-21-34)39(37-24-14-5-15-25-37)31-33-18-8-2-9-19-33/h1-31,35H/b38-30-,39-31-. The minimum absolute atomic E-state index is 0.219. The summed E-state index contributed by atoms with van der Waals surface area (Å²) in [7, 11) is 0. The van der Waals surface area contributed by atoms with Gasteiger partial charge < -0.3 is 0 Å². The molecule has 0 unspecified atom stereocenters. The molecule has 0 fully saturated rings. The van der Waals surface area contributed by atoms with Crippen LogP contribution in [0.5, 0.6) is 0 Å². The lowest BCUT2D eigenvalue weighted by molar-refractivity contribution is 0.831. The lowest BCUT2D eigenvalue weighted by Crippen LogP contribution is -2.23. The Morgan fingerprint density at radius 1 is 0.425 bits per heavy atom.